The molecule has 0 aliphatic heterocycles. The number of fused-ring (bicyclic) bond motifs is 1. The third-order valence-corrected chi connectivity index (χ3v) is 8.91. The van der Waals surface area contributed by atoms with Crippen molar-refractivity contribution >= 4 is 43.2 Å². The first-order chi connectivity index (χ1) is 17.6. The first-order valence-corrected chi connectivity index (χ1v) is 15.2. The number of hydrogen-bond donors (Lipinski definition) is 4. The molecule has 2 fully saturated rings. The molecule has 2 aliphatic carbocycles. The van der Waals surface area contributed by atoms with E-state index in [1.807, 2.05) is 19.2 Å². The zero-order valence-corrected chi connectivity index (χ0v) is 22.6. The SMILES string of the molecule is COCCNc1nc(C)c(-c2nc3c(C4CC4)nccc3s2)c(NC2C[C@H](CS(C)(=O)=O)[C@@H](O)[C@H]2O)n1. The number of anilines is 2. The molecule has 0 amide bonds. The minimum absolute atomic E-state index is 0.197. The number of aliphatic hydroxyl groups is 2. The van der Waals surface area contributed by atoms with Crippen molar-refractivity contribution in [3.8, 4) is 10.6 Å². The van der Waals surface area contributed by atoms with Crippen molar-refractivity contribution in [2.75, 3.05) is 42.9 Å². The summed E-state index contributed by atoms with van der Waals surface area (Å²) in [5.41, 5.74) is 3.30. The van der Waals surface area contributed by atoms with Crippen LogP contribution in [0.25, 0.3) is 20.8 Å². The summed E-state index contributed by atoms with van der Waals surface area (Å²) in [5.74, 6) is 0.523. The van der Waals surface area contributed by atoms with Crippen molar-refractivity contribution in [1.82, 2.24) is 19.9 Å². The normalized spacial score (nSPS) is 24.0. The van der Waals surface area contributed by atoms with E-state index in [1.54, 1.807) is 7.11 Å². The number of pyridine rings is 1. The minimum Gasteiger partial charge on any atom is -0.390 e. The van der Waals surface area contributed by atoms with Crippen LogP contribution >= 0.6 is 11.3 Å². The highest BCUT2D eigenvalue weighted by atomic mass is 32.2. The van der Waals surface area contributed by atoms with Gasteiger partial charge in [0.2, 0.25) is 5.95 Å². The van der Waals surface area contributed by atoms with E-state index < -0.39 is 34.0 Å². The monoisotopic (exact) mass is 548 g/mol. The molecule has 200 valence electrons. The largest absolute Gasteiger partial charge is 0.390 e. The van der Waals surface area contributed by atoms with Crippen molar-refractivity contribution in [3.63, 3.8) is 0 Å². The lowest BCUT2D eigenvalue weighted by atomic mass is 10.1. The van der Waals surface area contributed by atoms with Crippen LogP contribution in [0.2, 0.25) is 0 Å². The van der Waals surface area contributed by atoms with Crippen LogP contribution in [0.15, 0.2) is 12.3 Å². The van der Waals surface area contributed by atoms with Crippen LogP contribution in [-0.2, 0) is 14.6 Å². The third kappa shape index (κ3) is 5.70. The topological polar surface area (TPSA) is 159 Å². The Bertz CT molecular complexity index is 1390. The Kier molecular flexibility index (Phi) is 7.33. The van der Waals surface area contributed by atoms with Crippen LogP contribution < -0.4 is 10.6 Å². The molecular formula is C24H32N6O5S2. The summed E-state index contributed by atoms with van der Waals surface area (Å²) in [6.07, 6.45) is 3.16. The molecule has 3 heterocycles. The first-order valence-electron chi connectivity index (χ1n) is 12.3. The maximum Gasteiger partial charge on any atom is 0.224 e. The molecule has 2 saturated carbocycles. The molecule has 0 aromatic carbocycles. The number of sulfone groups is 1. The van der Waals surface area contributed by atoms with Crippen LogP contribution in [0.4, 0.5) is 11.8 Å². The van der Waals surface area contributed by atoms with E-state index in [2.05, 4.69) is 20.6 Å². The van der Waals surface area contributed by atoms with Gasteiger partial charge in [0.1, 0.15) is 32.3 Å². The van der Waals surface area contributed by atoms with E-state index in [0.717, 1.165) is 40.0 Å². The second-order valence-electron chi connectivity index (χ2n) is 9.93. The summed E-state index contributed by atoms with van der Waals surface area (Å²) >= 11 is 1.53. The zero-order valence-electron chi connectivity index (χ0n) is 21.0. The summed E-state index contributed by atoms with van der Waals surface area (Å²) in [6, 6.07) is 1.36. The van der Waals surface area contributed by atoms with Gasteiger partial charge in [-0.1, -0.05) is 0 Å². The highest BCUT2D eigenvalue weighted by Gasteiger charge is 2.43. The lowest BCUT2D eigenvalue weighted by molar-refractivity contribution is 0.0216. The maximum absolute atomic E-state index is 11.9. The van der Waals surface area contributed by atoms with Gasteiger partial charge >= 0.3 is 0 Å². The highest BCUT2D eigenvalue weighted by molar-refractivity contribution is 7.90. The summed E-state index contributed by atoms with van der Waals surface area (Å²) < 4.78 is 29.9. The van der Waals surface area contributed by atoms with E-state index in [-0.39, 0.29) is 12.2 Å². The Morgan fingerprint density at radius 1 is 1.19 bits per heavy atom. The predicted octanol–water partition coefficient (Wildman–Crippen LogP) is 1.96. The van der Waals surface area contributed by atoms with Gasteiger partial charge in [-0.25, -0.2) is 18.4 Å². The molecular weight excluding hydrogens is 516 g/mol. The minimum atomic E-state index is -3.32. The molecule has 2 aliphatic rings. The van der Waals surface area contributed by atoms with E-state index in [4.69, 9.17) is 14.7 Å². The number of ether oxygens (including phenoxy) is 1. The molecule has 3 aromatic heterocycles. The lowest BCUT2D eigenvalue weighted by Crippen LogP contribution is -2.36. The summed E-state index contributed by atoms with van der Waals surface area (Å²) in [5, 5.41) is 28.5. The number of aromatic nitrogens is 4. The van der Waals surface area contributed by atoms with Gasteiger partial charge in [0.15, 0.2) is 0 Å². The van der Waals surface area contributed by atoms with Crippen molar-refractivity contribution in [1.29, 1.82) is 0 Å². The standard InChI is InChI=1S/C24H32N6O5S2/c1-12-17(23-29-19-16(36-23)6-7-25-18(19)13-4-5-13)22(30-24(27-12)26-8-9-35-2)28-15-10-14(11-37(3,33)34)20(31)21(15)32/h6-7,13-15,20-21,31-32H,4-5,8-11H2,1-3H3,(H2,26,27,28,30)/t14-,15?,20-,21+/m1/s1. The number of thiazole rings is 1. The molecule has 0 bridgehead atoms. The van der Waals surface area contributed by atoms with Crippen molar-refractivity contribution in [2.24, 2.45) is 5.92 Å². The smallest absolute Gasteiger partial charge is 0.224 e. The van der Waals surface area contributed by atoms with Crippen molar-refractivity contribution in [3.05, 3.63) is 23.7 Å². The van der Waals surface area contributed by atoms with Crippen LogP contribution in [0, 0.1) is 12.8 Å². The van der Waals surface area contributed by atoms with Crippen LogP contribution in [0.5, 0.6) is 0 Å². The Hall–Kier alpha value is -2.45. The van der Waals surface area contributed by atoms with Gasteiger partial charge in [-0.15, -0.1) is 11.3 Å². The third-order valence-electron chi connectivity index (χ3n) is 6.83. The molecule has 11 nitrogen and oxygen atoms in total. The van der Waals surface area contributed by atoms with Gasteiger partial charge in [0.05, 0.1) is 46.2 Å². The van der Waals surface area contributed by atoms with E-state index in [1.165, 1.54) is 11.3 Å². The first kappa shape index (κ1) is 26.2. The average Bonchev–Trinajstić information content (AvgIpc) is 3.53. The Morgan fingerprint density at radius 2 is 1.97 bits per heavy atom. The van der Waals surface area contributed by atoms with E-state index in [9.17, 15) is 18.6 Å². The molecule has 5 rings (SSSR count). The number of rotatable bonds is 10. The Labute approximate surface area is 219 Å². The number of aryl methyl sites for hydroxylation is 1. The second kappa shape index (κ2) is 10.4. The molecule has 4 N–H and O–H groups in total. The molecule has 4 atom stereocenters. The fourth-order valence-electron chi connectivity index (χ4n) is 4.91. The summed E-state index contributed by atoms with van der Waals surface area (Å²) in [7, 11) is -1.71. The van der Waals surface area contributed by atoms with Crippen LogP contribution in [0.1, 0.15) is 36.6 Å². The van der Waals surface area contributed by atoms with Gasteiger partial charge < -0.3 is 25.6 Å². The van der Waals surface area contributed by atoms with E-state index >= 15 is 0 Å². The summed E-state index contributed by atoms with van der Waals surface area (Å²) in [6.45, 7) is 2.86. The average molecular weight is 549 g/mol. The van der Waals surface area contributed by atoms with Gasteiger partial charge in [0.25, 0.3) is 0 Å². The quantitative estimate of drug-likeness (QED) is 0.274. The van der Waals surface area contributed by atoms with Gasteiger partial charge in [0, 0.05) is 37.9 Å². The molecule has 37 heavy (non-hydrogen) atoms. The number of methoxy groups -OCH3 is 1. The van der Waals surface area contributed by atoms with Gasteiger partial charge in [-0.2, -0.15) is 4.98 Å². The molecule has 0 saturated heterocycles. The lowest BCUT2D eigenvalue weighted by Gasteiger charge is -2.21. The maximum atomic E-state index is 11.9. The predicted molar refractivity (Wildman–Crippen MR) is 143 cm³/mol. The number of nitrogens with zero attached hydrogens (tertiary/aromatic N) is 4. The molecule has 0 radical (unpaired) electrons. The van der Waals surface area contributed by atoms with E-state index in [0.29, 0.717) is 42.1 Å². The molecule has 0 spiro atoms. The molecule has 1 unspecified atom stereocenters. The van der Waals surface area contributed by atoms with Gasteiger partial charge in [-0.3, -0.25) is 4.98 Å². The van der Waals surface area contributed by atoms with Crippen molar-refractivity contribution < 1.29 is 23.4 Å². The fraction of sp³-hybridized carbons (Fsp3) is 0.583. The van der Waals surface area contributed by atoms with Crippen LogP contribution in [0.3, 0.4) is 0 Å². The number of aliphatic hydroxyl groups excluding tert-OH is 2. The Morgan fingerprint density at radius 3 is 2.68 bits per heavy atom. The van der Waals surface area contributed by atoms with Gasteiger partial charge in [-0.05, 0) is 32.3 Å². The highest BCUT2D eigenvalue weighted by Crippen LogP contribution is 2.44. The molecule has 3 aromatic rings. The zero-order chi connectivity index (χ0) is 26.3. The molecule has 13 heteroatoms. The number of hydrogen-bond acceptors (Lipinski definition) is 12. The summed E-state index contributed by atoms with van der Waals surface area (Å²) in [4.78, 5) is 18.9. The fourth-order valence-corrected chi connectivity index (χ4v) is 7.09. The Balaban J connectivity index is 1.52. The van der Waals surface area contributed by atoms with Crippen LogP contribution in [-0.4, -0.2) is 89.1 Å². The van der Waals surface area contributed by atoms with Crippen molar-refractivity contribution in [2.45, 2.75) is 50.4 Å². The second-order valence-corrected chi connectivity index (χ2v) is 13.1. The number of nitrogens with one attached hydrogen (secondary N) is 2.